The summed E-state index contributed by atoms with van der Waals surface area (Å²) in [6.45, 7) is 8.55. The second-order valence-electron chi connectivity index (χ2n) is 8.57. The van der Waals surface area contributed by atoms with Crippen molar-refractivity contribution in [2.24, 2.45) is 5.41 Å². The Kier molecular flexibility index (Phi) is 4.31. The first-order chi connectivity index (χ1) is 12.7. The minimum absolute atomic E-state index is 0.0439. The fraction of sp³-hybridized carbons (Fsp3) is 0.348. The predicted molar refractivity (Wildman–Crippen MR) is 112 cm³/mol. The van der Waals surface area contributed by atoms with Crippen molar-refractivity contribution >= 4 is 28.8 Å². The number of nitrogens with one attached hydrogen (secondary N) is 2. The van der Waals surface area contributed by atoms with Crippen LogP contribution in [0, 0.1) is 19.3 Å². The van der Waals surface area contributed by atoms with Crippen LogP contribution in [0.4, 0.5) is 11.4 Å². The van der Waals surface area contributed by atoms with Gasteiger partial charge in [0.15, 0.2) is 5.78 Å². The van der Waals surface area contributed by atoms with Gasteiger partial charge in [0.05, 0.1) is 17.4 Å². The van der Waals surface area contributed by atoms with Crippen molar-refractivity contribution in [3.8, 4) is 0 Å². The van der Waals surface area contributed by atoms with Crippen molar-refractivity contribution in [2.75, 3.05) is 10.6 Å². The summed E-state index contributed by atoms with van der Waals surface area (Å²) in [6.07, 6.45) is 1.42. The summed E-state index contributed by atoms with van der Waals surface area (Å²) < 4.78 is 0. The Bertz CT molecular complexity index is 957. The third-order valence-electron chi connectivity index (χ3n) is 5.63. The van der Waals surface area contributed by atoms with E-state index in [1.165, 1.54) is 11.1 Å². The molecule has 0 fully saturated rings. The Hall–Kier alpha value is -2.26. The molecule has 1 heterocycles. The van der Waals surface area contributed by atoms with Gasteiger partial charge in [-0.25, -0.2) is 0 Å². The van der Waals surface area contributed by atoms with E-state index in [2.05, 4.69) is 50.5 Å². The molecular weight excluding hydrogens is 356 g/mol. The number of halogens is 1. The molecular formula is C23H25ClN2O. The van der Waals surface area contributed by atoms with Crippen molar-refractivity contribution < 1.29 is 4.79 Å². The van der Waals surface area contributed by atoms with Gasteiger partial charge in [0.2, 0.25) is 0 Å². The van der Waals surface area contributed by atoms with E-state index >= 15 is 0 Å². The van der Waals surface area contributed by atoms with Crippen LogP contribution in [0.1, 0.15) is 49.4 Å². The van der Waals surface area contributed by atoms with Crippen LogP contribution in [0.25, 0.3) is 0 Å². The number of hydrogen-bond acceptors (Lipinski definition) is 3. The summed E-state index contributed by atoms with van der Waals surface area (Å²) >= 11 is 6.09. The van der Waals surface area contributed by atoms with Crippen LogP contribution in [0.5, 0.6) is 0 Å². The molecule has 2 aromatic rings. The molecule has 4 rings (SSSR count). The molecule has 0 amide bonds. The number of ketones is 1. The molecule has 2 aliphatic rings. The second kappa shape index (κ2) is 6.42. The fourth-order valence-corrected chi connectivity index (χ4v) is 4.24. The molecule has 0 bridgehead atoms. The number of allylic oxidation sites excluding steroid dienone is 1. The standard InChI is InChI=1S/C23H25ClN2O/c1-13-9-17-18(10-14(13)2)26-22(15-5-7-16(24)8-6-15)21-19(25-17)11-23(3,4)12-20(21)27/h5-10,22,25-26H,11-12H2,1-4H3. The Morgan fingerprint density at radius 3 is 2.30 bits per heavy atom. The number of carbonyl (C=O) groups is 1. The molecule has 3 nitrogen and oxygen atoms in total. The van der Waals surface area contributed by atoms with Gasteiger partial charge in [0, 0.05) is 22.7 Å². The van der Waals surface area contributed by atoms with Crippen LogP contribution in [-0.4, -0.2) is 5.78 Å². The van der Waals surface area contributed by atoms with Gasteiger partial charge in [-0.15, -0.1) is 0 Å². The molecule has 0 radical (unpaired) electrons. The molecule has 1 atom stereocenters. The Labute approximate surface area is 165 Å². The number of carbonyl (C=O) groups excluding carboxylic acids is 1. The van der Waals surface area contributed by atoms with Gasteiger partial charge in [0.1, 0.15) is 0 Å². The molecule has 4 heteroatoms. The quantitative estimate of drug-likeness (QED) is 0.620. The number of benzene rings is 2. The maximum atomic E-state index is 13.2. The van der Waals surface area contributed by atoms with Crippen molar-refractivity contribution in [3.63, 3.8) is 0 Å². The summed E-state index contributed by atoms with van der Waals surface area (Å²) in [5.41, 5.74) is 7.41. The van der Waals surface area contributed by atoms with Crippen molar-refractivity contribution in [1.82, 2.24) is 0 Å². The van der Waals surface area contributed by atoms with Crippen molar-refractivity contribution in [1.29, 1.82) is 0 Å². The van der Waals surface area contributed by atoms with Gasteiger partial charge in [-0.3, -0.25) is 4.79 Å². The molecule has 0 saturated carbocycles. The highest BCUT2D eigenvalue weighted by Gasteiger charge is 2.38. The zero-order chi connectivity index (χ0) is 19.3. The van der Waals surface area contributed by atoms with Crippen LogP contribution >= 0.6 is 11.6 Å². The highest BCUT2D eigenvalue weighted by atomic mass is 35.5. The highest BCUT2D eigenvalue weighted by Crippen LogP contribution is 2.45. The van der Waals surface area contributed by atoms with Gasteiger partial charge >= 0.3 is 0 Å². The summed E-state index contributed by atoms with van der Waals surface area (Å²) in [5, 5.41) is 7.93. The van der Waals surface area contributed by atoms with Crippen LogP contribution < -0.4 is 10.6 Å². The molecule has 0 saturated heterocycles. The van der Waals surface area contributed by atoms with E-state index in [1.54, 1.807) is 0 Å². The minimum atomic E-state index is -0.184. The van der Waals surface area contributed by atoms with E-state index < -0.39 is 0 Å². The number of fused-ring (bicyclic) bond motifs is 1. The molecule has 2 aromatic carbocycles. The third kappa shape index (κ3) is 3.37. The zero-order valence-corrected chi connectivity index (χ0v) is 17.0. The SMILES string of the molecule is Cc1cc2c(cc1C)NC(c1ccc(Cl)cc1)C1=C(CC(C)(C)CC1=O)N2. The molecule has 0 aromatic heterocycles. The lowest BCUT2D eigenvalue weighted by molar-refractivity contribution is -0.118. The van der Waals surface area contributed by atoms with Gasteiger partial charge in [0.25, 0.3) is 0 Å². The Balaban J connectivity index is 1.90. The lowest BCUT2D eigenvalue weighted by Gasteiger charge is -2.34. The van der Waals surface area contributed by atoms with Crippen LogP contribution in [0.2, 0.25) is 5.02 Å². The molecule has 1 unspecified atom stereocenters. The molecule has 0 spiro atoms. The number of hydrogen-bond donors (Lipinski definition) is 2. The normalized spacial score (nSPS) is 20.9. The lowest BCUT2D eigenvalue weighted by atomic mass is 9.73. The van der Waals surface area contributed by atoms with Gasteiger partial charge in [-0.2, -0.15) is 0 Å². The molecule has 1 aliphatic carbocycles. The maximum Gasteiger partial charge on any atom is 0.163 e. The maximum absolute atomic E-state index is 13.2. The highest BCUT2D eigenvalue weighted by molar-refractivity contribution is 6.30. The third-order valence-corrected chi connectivity index (χ3v) is 5.88. The van der Waals surface area contributed by atoms with Gasteiger partial charge < -0.3 is 10.6 Å². The topological polar surface area (TPSA) is 41.1 Å². The summed E-state index contributed by atoms with van der Waals surface area (Å²) in [4.78, 5) is 13.2. The van der Waals surface area contributed by atoms with E-state index in [1.807, 2.05) is 24.3 Å². The van der Waals surface area contributed by atoms with E-state index in [4.69, 9.17) is 11.6 Å². The smallest absolute Gasteiger partial charge is 0.163 e. The van der Waals surface area contributed by atoms with Gasteiger partial charge in [-0.1, -0.05) is 37.6 Å². The Morgan fingerprint density at radius 1 is 1.00 bits per heavy atom. The fourth-order valence-electron chi connectivity index (χ4n) is 4.12. The number of Topliss-reactive ketones (excluding diaryl/α,β-unsaturated/α-hetero) is 1. The van der Waals surface area contributed by atoms with Crippen LogP contribution in [-0.2, 0) is 4.79 Å². The van der Waals surface area contributed by atoms with Gasteiger partial charge in [-0.05, 0) is 66.6 Å². The summed E-state index contributed by atoms with van der Waals surface area (Å²) in [7, 11) is 0. The summed E-state index contributed by atoms with van der Waals surface area (Å²) in [5.74, 6) is 0.211. The van der Waals surface area contributed by atoms with Crippen molar-refractivity contribution in [2.45, 2.75) is 46.6 Å². The predicted octanol–water partition coefficient (Wildman–Crippen LogP) is 6.18. The first kappa shape index (κ1) is 18.1. The van der Waals surface area contributed by atoms with E-state index in [0.717, 1.165) is 34.6 Å². The van der Waals surface area contributed by atoms with Crippen LogP contribution in [0.3, 0.4) is 0 Å². The minimum Gasteiger partial charge on any atom is -0.372 e. The molecule has 2 N–H and O–H groups in total. The first-order valence-corrected chi connectivity index (χ1v) is 9.78. The van der Waals surface area contributed by atoms with E-state index in [0.29, 0.717) is 11.4 Å². The Morgan fingerprint density at radius 2 is 1.63 bits per heavy atom. The van der Waals surface area contributed by atoms with E-state index in [9.17, 15) is 4.79 Å². The molecule has 27 heavy (non-hydrogen) atoms. The zero-order valence-electron chi connectivity index (χ0n) is 16.2. The monoisotopic (exact) mass is 380 g/mol. The average molecular weight is 381 g/mol. The molecule has 140 valence electrons. The van der Waals surface area contributed by atoms with E-state index in [-0.39, 0.29) is 17.2 Å². The molecule has 1 aliphatic heterocycles. The number of rotatable bonds is 1. The largest absolute Gasteiger partial charge is 0.372 e. The average Bonchev–Trinajstić information content (AvgIpc) is 2.71. The number of anilines is 2. The first-order valence-electron chi connectivity index (χ1n) is 9.40. The van der Waals surface area contributed by atoms with Crippen molar-refractivity contribution in [3.05, 3.63) is 69.4 Å². The summed E-state index contributed by atoms with van der Waals surface area (Å²) in [6, 6.07) is 11.9. The second-order valence-corrected chi connectivity index (χ2v) is 9.01. The van der Waals surface area contributed by atoms with Crippen LogP contribution in [0.15, 0.2) is 47.7 Å². The number of aryl methyl sites for hydroxylation is 2. The lowest BCUT2D eigenvalue weighted by Crippen LogP contribution is -2.31.